The van der Waals surface area contributed by atoms with Crippen molar-refractivity contribution in [1.82, 2.24) is 5.32 Å². The fraction of sp³-hybridized carbons (Fsp3) is 0. The normalized spacial score (nSPS) is 18.0. The zero-order valence-corrected chi connectivity index (χ0v) is 16.6. The smallest absolute Gasteiger partial charge is 0.264 e. The quantitative estimate of drug-likeness (QED) is 0.518. The molecule has 118 valence electrons. The second kappa shape index (κ2) is 7.03. The molecule has 2 heterocycles. The van der Waals surface area contributed by atoms with Gasteiger partial charge in [0.2, 0.25) is 0 Å². The molecule has 2 aromatic rings. The van der Waals surface area contributed by atoms with Crippen molar-refractivity contribution >= 4 is 89.7 Å². The van der Waals surface area contributed by atoms with Gasteiger partial charge in [0, 0.05) is 6.08 Å². The van der Waals surface area contributed by atoms with Gasteiger partial charge in [0.25, 0.3) is 5.91 Å². The molecule has 3 rings (SSSR count). The van der Waals surface area contributed by atoms with E-state index in [9.17, 15) is 4.79 Å². The van der Waals surface area contributed by atoms with Crippen molar-refractivity contribution in [3.63, 3.8) is 0 Å². The minimum Gasteiger partial charge on any atom is -0.449 e. The molecule has 23 heavy (non-hydrogen) atoms. The first-order valence-corrected chi connectivity index (χ1v) is 9.27. The van der Waals surface area contributed by atoms with Crippen LogP contribution in [-0.4, -0.2) is 11.1 Å². The van der Waals surface area contributed by atoms with Crippen LogP contribution < -0.4 is 5.32 Å². The second-order valence-corrected chi connectivity index (χ2v) is 7.77. The molecule has 0 spiro atoms. The summed E-state index contributed by atoms with van der Waals surface area (Å²) < 4.78 is 6.78. The van der Waals surface area contributed by atoms with E-state index in [1.807, 2.05) is 0 Å². The van der Waals surface area contributed by atoms with Crippen molar-refractivity contribution in [3.05, 3.63) is 54.1 Å². The maximum Gasteiger partial charge on any atom is 0.264 e. The second-order valence-electron chi connectivity index (χ2n) is 4.35. The molecule has 0 aliphatic carbocycles. The van der Waals surface area contributed by atoms with E-state index in [0.29, 0.717) is 36.2 Å². The van der Waals surface area contributed by atoms with Crippen LogP contribution in [0.4, 0.5) is 5.69 Å². The molecule has 1 aromatic carbocycles. The third kappa shape index (κ3) is 4.03. The Hall–Kier alpha value is -0.730. The monoisotopic (exact) mass is 494 g/mol. The number of halogens is 4. The highest BCUT2D eigenvalue weighted by molar-refractivity contribution is 9.13. The van der Waals surface area contributed by atoms with Crippen LogP contribution in [0.2, 0.25) is 10.0 Å². The molecule has 1 aromatic heterocycles. The first-order chi connectivity index (χ1) is 10.9. The van der Waals surface area contributed by atoms with Crippen molar-refractivity contribution in [2.24, 2.45) is 4.99 Å². The average Bonchev–Trinajstić information content (AvgIpc) is 2.98. The first-order valence-electron chi connectivity index (χ1n) is 6.12. The summed E-state index contributed by atoms with van der Waals surface area (Å²) in [6, 6.07) is 6.76. The number of amidine groups is 1. The number of carbonyl (C=O) groups is 1. The zero-order valence-electron chi connectivity index (χ0n) is 11.1. The summed E-state index contributed by atoms with van der Waals surface area (Å²) in [5.41, 5.74) is 0.604. The van der Waals surface area contributed by atoms with Gasteiger partial charge in [-0.05, 0) is 67.9 Å². The largest absolute Gasteiger partial charge is 0.449 e. The Bertz CT molecular complexity index is 845. The Balaban J connectivity index is 1.84. The number of thioether (sulfide) groups is 1. The Morgan fingerprint density at radius 2 is 2.00 bits per heavy atom. The van der Waals surface area contributed by atoms with Gasteiger partial charge in [0.15, 0.2) is 9.84 Å². The number of nitrogens with one attached hydrogen (secondary N) is 1. The minimum atomic E-state index is -0.238. The Labute approximate surface area is 162 Å². The molecular formula is C14H6Br2Cl2N2O2S. The SMILES string of the molecule is O=C1NC(=Nc2ccc(Cl)c(Cl)c2)S/C1=C\c1cc(Br)c(Br)o1. The number of carbonyl (C=O) groups excluding carboxylic acids is 1. The average molecular weight is 497 g/mol. The van der Waals surface area contributed by atoms with Crippen molar-refractivity contribution in [3.8, 4) is 0 Å². The van der Waals surface area contributed by atoms with Gasteiger partial charge < -0.3 is 9.73 Å². The molecular weight excluding hydrogens is 491 g/mol. The summed E-state index contributed by atoms with van der Waals surface area (Å²) in [4.78, 5) is 16.8. The van der Waals surface area contributed by atoms with Crippen molar-refractivity contribution in [2.75, 3.05) is 0 Å². The number of amides is 1. The van der Waals surface area contributed by atoms with Gasteiger partial charge in [0.05, 0.1) is 25.1 Å². The van der Waals surface area contributed by atoms with E-state index < -0.39 is 0 Å². The molecule has 0 unspecified atom stereocenters. The molecule has 1 N–H and O–H groups in total. The van der Waals surface area contributed by atoms with E-state index in [2.05, 4.69) is 42.2 Å². The molecule has 1 saturated heterocycles. The molecule has 0 radical (unpaired) electrons. The summed E-state index contributed by atoms with van der Waals surface area (Å²) in [6.45, 7) is 0. The van der Waals surface area contributed by atoms with Crippen LogP contribution in [0, 0.1) is 0 Å². The van der Waals surface area contributed by atoms with Crippen molar-refractivity contribution in [2.45, 2.75) is 0 Å². The highest BCUT2D eigenvalue weighted by atomic mass is 79.9. The molecule has 1 fully saturated rings. The fourth-order valence-corrected chi connectivity index (χ4v) is 3.44. The predicted molar refractivity (Wildman–Crippen MR) is 101 cm³/mol. The maximum atomic E-state index is 12.0. The molecule has 0 atom stereocenters. The van der Waals surface area contributed by atoms with E-state index in [1.165, 1.54) is 11.8 Å². The molecule has 1 amide bonds. The number of rotatable bonds is 2. The Morgan fingerprint density at radius 1 is 1.22 bits per heavy atom. The predicted octanol–water partition coefficient (Wildman–Crippen LogP) is 6.00. The number of hydrogen-bond donors (Lipinski definition) is 1. The lowest BCUT2D eigenvalue weighted by atomic mass is 10.3. The standard InChI is InChI=1S/C14H6Br2Cl2N2O2S/c15-8-4-7(22-12(8)16)5-11-13(21)20-14(23-11)19-6-1-2-9(17)10(18)3-6/h1-5H,(H,19,20,21)/b11-5-. The molecule has 4 nitrogen and oxygen atoms in total. The third-order valence-electron chi connectivity index (χ3n) is 2.72. The van der Waals surface area contributed by atoms with Crippen LogP contribution in [0.1, 0.15) is 5.76 Å². The van der Waals surface area contributed by atoms with Crippen molar-refractivity contribution < 1.29 is 9.21 Å². The van der Waals surface area contributed by atoms with E-state index in [1.54, 1.807) is 30.3 Å². The molecule has 0 bridgehead atoms. The number of furan rings is 1. The summed E-state index contributed by atoms with van der Waals surface area (Å²) in [5.74, 6) is 0.314. The van der Waals surface area contributed by atoms with Gasteiger partial charge in [-0.3, -0.25) is 4.79 Å². The van der Waals surface area contributed by atoms with E-state index in [4.69, 9.17) is 27.6 Å². The van der Waals surface area contributed by atoms with Gasteiger partial charge in [-0.2, -0.15) is 0 Å². The Morgan fingerprint density at radius 3 is 2.65 bits per heavy atom. The van der Waals surface area contributed by atoms with Gasteiger partial charge >= 0.3 is 0 Å². The fourth-order valence-electron chi connectivity index (χ4n) is 1.72. The lowest BCUT2D eigenvalue weighted by Crippen LogP contribution is -2.19. The lowest BCUT2D eigenvalue weighted by Gasteiger charge is -1.98. The highest BCUT2D eigenvalue weighted by Crippen LogP contribution is 2.33. The van der Waals surface area contributed by atoms with Crippen molar-refractivity contribution in [1.29, 1.82) is 0 Å². The highest BCUT2D eigenvalue weighted by Gasteiger charge is 2.24. The number of nitrogens with zero attached hydrogens (tertiary/aromatic N) is 1. The van der Waals surface area contributed by atoms with E-state index in [0.717, 1.165) is 4.47 Å². The molecule has 0 saturated carbocycles. The lowest BCUT2D eigenvalue weighted by molar-refractivity contribution is -0.115. The van der Waals surface area contributed by atoms with Gasteiger partial charge in [-0.15, -0.1) is 0 Å². The molecule has 9 heteroatoms. The molecule has 1 aliphatic heterocycles. The van der Waals surface area contributed by atoms with Crippen LogP contribution in [0.3, 0.4) is 0 Å². The van der Waals surface area contributed by atoms with E-state index in [-0.39, 0.29) is 5.91 Å². The van der Waals surface area contributed by atoms with Gasteiger partial charge in [-0.1, -0.05) is 23.2 Å². The summed E-state index contributed by atoms with van der Waals surface area (Å²) >= 11 is 19.6. The van der Waals surface area contributed by atoms with Crippen LogP contribution in [0.15, 0.2) is 47.7 Å². The van der Waals surface area contributed by atoms with Crippen LogP contribution in [0.25, 0.3) is 6.08 Å². The molecule has 1 aliphatic rings. The zero-order chi connectivity index (χ0) is 16.6. The van der Waals surface area contributed by atoms with Crippen LogP contribution in [-0.2, 0) is 4.79 Å². The van der Waals surface area contributed by atoms with Gasteiger partial charge in [0.1, 0.15) is 5.76 Å². The minimum absolute atomic E-state index is 0.238. The number of hydrogen-bond acceptors (Lipinski definition) is 4. The summed E-state index contributed by atoms with van der Waals surface area (Å²) in [5, 5.41) is 4.01. The van der Waals surface area contributed by atoms with E-state index >= 15 is 0 Å². The first kappa shape index (κ1) is 17.1. The summed E-state index contributed by atoms with van der Waals surface area (Å²) in [7, 11) is 0. The topological polar surface area (TPSA) is 54.6 Å². The summed E-state index contributed by atoms with van der Waals surface area (Å²) in [6.07, 6.45) is 1.65. The maximum absolute atomic E-state index is 12.0. The van der Waals surface area contributed by atoms with Crippen LogP contribution in [0.5, 0.6) is 0 Å². The van der Waals surface area contributed by atoms with Crippen LogP contribution >= 0.6 is 66.8 Å². The van der Waals surface area contributed by atoms with Gasteiger partial charge in [-0.25, -0.2) is 4.99 Å². The Kier molecular flexibility index (Phi) is 5.22. The number of aliphatic imine (C=N–C) groups is 1. The number of benzene rings is 1. The third-order valence-corrected chi connectivity index (χ3v) is 6.08.